The lowest BCUT2D eigenvalue weighted by molar-refractivity contribution is 0.544. The van der Waals surface area contributed by atoms with E-state index in [4.69, 9.17) is 11.6 Å². The zero-order chi connectivity index (χ0) is 10.1. The summed E-state index contributed by atoms with van der Waals surface area (Å²) >= 11 is 5.69. The van der Waals surface area contributed by atoms with E-state index in [2.05, 4.69) is 28.7 Å². The number of rotatable bonds is 1. The Kier molecular flexibility index (Phi) is 2.59. The Labute approximate surface area is 89.1 Å². The van der Waals surface area contributed by atoms with Crippen LogP contribution < -0.4 is 4.90 Å². The molecule has 1 aromatic heterocycles. The molecule has 0 aromatic carbocycles. The minimum Gasteiger partial charge on any atom is -0.352 e. The van der Waals surface area contributed by atoms with Crippen LogP contribution in [0.15, 0.2) is 12.4 Å². The van der Waals surface area contributed by atoms with Crippen LogP contribution in [0.2, 0.25) is 5.15 Å². The second-order valence-electron chi connectivity index (χ2n) is 3.90. The smallest absolute Gasteiger partial charge is 0.147 e. The van der Waals surface area contributed by atoms with Gasteiger partial charge in [0.1, 0.15) is 11.0 Å². The highest BCUT2D eigenvalue weighted by Gasteiger charge is 2.28. The highest BCUT2D eigenvalue weighted by atomic mass is 35.5. The van der Waals surface area contributed by atoms with E-state index in [1.165, 1.54) is 6.42 Å². The first-order valence-electron chi connectivity index (χ1n) is 4.92. The monoisotopic (exact) mass is 211 g/mol. The Bertz CT molecular complexity index is 312. The number of nitrogens with zero attached hydrogens (tertiary/aromatic N) is 3. The maximum Gasteiger partial charge on any atom is 0.147 e. The van der Waals surface area contributed by atoms with E-state index in [-0.39, 0.29) is 0 Å². The van der Waals surface area contributed by atoms with Crippen molar-refractivity contribution in [2.45, 2.75) is 26.3 Å². The number of hydrogen-bond donors (Lipinski definition) is 0. The lowest BCUT2D eigenvalue weighted by Crippen LogP contribution is -2.29. The van der Waals surface area contributed by atoms with E-state index in [1.807, 2.05) is 0 Å². The summed E-state index contributed by atoms with van der Waals surface area (Å²) in [7, 11) is 0. The van der Waals surface area contributed by atoms with Gasteiger partial charge in [0.15, 0.2) is 0 Å². The van der Waals surface area contributed by atoms with Crippen molar-refractivity contribution in [1.82, 2.24) is 9.97 Å². The van der Waals surface area contributed by atoms with Gasteiger partial charge in [0.05, 0.1) is 12.4 Å². The highest BCUT2D eigenvalue weighted by Crippen LogP contribution is 2.27. The molecule has 1 fully saturated rings. The Morgan fingerprint density at radius 2 is 2.14 bits per heavy atom. The third kappa shape index (κ3) is 1.69. The minimum absolute atomic E-state index is 0.452. The third-order valence-electron chi connectivity index (χ3n) is 3.04. The maximum absolute atomic E-state index is 5.69. The molecule has 2 heterocycles. The molecule has 0 bridgehead atoms. The SMILES string of the molecule is CC1CCN(c2cnc(Cl)cn2)C1C. The van der Waals surface area contributed by atoms with Gasteiger partial charge in [-0.25, -0.2) is 9.97 Å². The summed E-state index contributed by atoms with van der Waals surface area (Å²) in [5, 5.41) is 0.452. The van der Waals surface area contributed by atoms with Gasteiger partial charge in [0.2, 0.25) is 0 Å². The van der Waals surface area contributed by atoms with E-state index < -0.39 is 0 Å². The van der Waals surface area contributed by atoms with Crippen molar-refractivity contribution in [2.75, 3.05) is 11.4 Å². The van der Waals surface area contributed by atoms with E-state index >= 15 is 0 Å². The van der Waals surface area contributed by atoms with E-state index in [1.54, 1.807) is 12.4 Å². The number of anilines is 1. The zero-order valence-electron chi connectivity index (χ0n) is 8.44. The molecule has 14 heavy (non-hydrogen) atoms. The standard InChI is InChI=1S/C10H14ClN3/c1-7-3-4-14(8(7)2)10-6-12-9(11)5-13-10/h5-8H,3-4H2,1-2H3. The van der Waals surface area contributed by atoms with Gasteiger partial charge >= 0.3 is 0 Å². The molecule has 1 aliphatic heterocycles. The summed E-state index contributed by atoms with van der Waals surface area (Å²) < 4.78 is 0. The number of hydrogen-bond acceptors (Lipinski definition) is 3. The summed E-state index contributed by atoms with van der Waals surface area (Å²) in [5.41, 5.74) is 0. The van der Waals surface area contributed by atoms with Crippen LogP contribution in [0.4, 0.5) is 5.82 Å². The average Bonchev–Trinajstić information content (AvgIpc) is 2.50. The zero-order valence-corrected chi connectivity index (χ0v) is 9.20. The Morgan fingerprint density at radius 1 is 1.36 bits per heavy atom. The summed E-state index contributed by atoms with van der Waals surface area (Å²) in [6, 6.07) is 0.547. The summed E-state index contributed by atoms with van der Waals surface area (Å²) in [4.78, 5) is 10.6. The summed E-state index contributed by atoms with van der Waals surface area (Å²) in [6.45, 7) is 5.57. The van der Waals surface area contributed by atoms with Gasteiger partial charge < -0.3 is 4.90 Å². The number of aromatic nitrogens is 2. The molecule has 0 spiro atoms. The Balaban J connectivity index is 2.19. The normalized spacial score (nSPS) is 26.9. The first kappa shape index (κ1) is 9.71. The first-order chi connectivity index (χ1) is 6.68. The maximum atomic E-state index is 5.69. The van der Waals surface area contributed by atoms with Crippen LogP contribution in [-0.4, -0.2) is 22.6 Å². The largest absolute Gasteiger partial charge is 0.352 e. The van der Waals surface area contributed by atoms with E-state index in [0.717, 1.165) is 18.3 Å². The topological polar surface area (TPSA) is 29.0 Å². The molecule has 0 aliphatic carbocycles. The molecular formula is C10H14ClN3. The molecule has 1 saturated heterocycles. The third-order valence-corrected chi connectivity index (χ3v) is 3.24. The fourth-order valence-electron chi connectivity index (χ4n) is 1.87. The minimum atomic E-state index is 0.452. The van der Waals surface area contributed by atoms with Crippen molar-refractivity contribution in [3.63, 3.8) is 0 Å². The molecule has 0 N–H and O–H groups in total. The van der Waals surface area contributed by atoms with Crippen molar-refractivity contribution in [1.29, 1.82) is 0 Å². The lowest BCUT2D eigenvalue weighted by Gasteiger charge is -2.23. The van der Waals surface area contributed by atoms with Crippen LogP contribution in [-0.2, 0) is 0 Å². The average molecular weight is 212 g/mol. The molecule has 1 aliphatic rings. The van der Waals surface area contributed by atoms with Crippen LogP contribution in [0.1, 0.15) is 20.3 Å². The molecule has 0 saturated carbocycles. The van der Waals surface area contributed by atoms with Crippen LogP contribution >= 0.6 is 11.6 Å². The van der Waals surface area contributed by atoms with Crippen molar-refractivity contribution < 1.29 is 0 Å². The molecule has 2 atom stereocenters. The molecule has 1 aromatic rings. The molecular weight excluding hydrogens is 198 g/mol. The van der Waals surface area contributed by atoms with Crippen LogP contribution in [0.5, 0.6) is 0 Å². The molecule has 2 unspecified atom stereocenters. The quantitative estimate of drug-likeness (QED) is 0.714. The molecule has 76 valence electrons. The van der Waals surface area contributed by atoms with Gasteiger partial charge in [0.25, 0.3) is 0 Å². The fourth-order valence-corrected chi connectivity index (χ4v) is 1.97. The predicted octanol–water partition coefficient (Wildman–Crippen LogP) is 2.36. The van der Waals surface area contributed by atoms with E-state index in [9.17, 15) is 0 Å². The molecule has 0 radical (unpaired) electrons. The molecule has 4 heteroatoms. The predicted molar refractivity (Wildman–Crippen MR) is 57.6 cm³/mol. The van der Waals surface area contributed by atoms with Gasteiger partial charge in [-0.1, -0.05) is 18.5 Å². The fraction of sp³-hybridized carbons (Fsp3) is 0.600. The highest BCUT2D eigenvalue weighted by molar-refractivity contribution is 6.29. The first-order valence-corrected chi connectivity index (χ1v) is 5.30. The summed E-state index contributed by atoms with van der Waals surface area (Å²) in [5.74, 6) is 1.67. The van der Waals surface area contributed by atoms with Crippen molar-refractivity contribution in [3.8, 4) is 0 Å². The Morgan fingerprint density at radius 3 is 2.64 bits per heavy atom. The number of halogens is 1. The van der Waals surface area contributed by atoms with Crippen LogP contribution in [0.3, 0.4) is 0 Å². The lowest BCUT2D eigenvalue weighted by atomic mass is 10.1. The molecule has 3 nitrogen and oxygen atoms in total. The van der Waals surface area contributed by atoms with Crippen LogP contribution in [0.25, 0.3) is 0 Å². The van der Waals surface area contributed by atoms with Gasteiger partial charge in [-0.3, -0.25) is 0 Å². The second kappa shape index (κ2) is 3.73. The van der Waals surface area contributed by atoms with E-state index in [0.29, 0.717) is 11.2 Å². The van der Waals surface area contributed by atoms with Crippen LogP contribution in [0, 0.1) is 5.92 Å². The van der Waals surface area contributed by atoms with Crippen molar-refractivity contribution in [3.05, 3.63) is 17.5 Å². The van der Waals surface area contributed by atoms with Gasteiger partial charge in [0, 0.05) is 12.6 Å². The Hall–Kier alpha value is -0.830. The van der Waals surface area contributed by atoms with Gasteiger partial charge in [-0.15, -0.1) is 0 Å². The van der Waals surface area contributed by atoms with Gasteiger partial charge in [-0.05, 0) is 19.3 Å². The van der Waals surface area contributed by atoms with Gasteiger partial charge in [-0.2, -0.15) is 0 Å². The summed E-state index contributed by atoms with van der Waals surface area (Å²) in [6.07, 6.45) is 4.58. The van der Waals surface area contributed by atoms with Crippen molar-refractivity contribution in [2.24, 2.45) is 5.92 Å². The molecule has 2 rings (SSSR count). The second-order valence-corrected chi connectivity index (χ2v) is 4.28. The van der Waals surface area contributed by atoms with Crippen molar-refractivity contribution >= 4 is 17.4 Å². The molecule has 0 amide bonds.